The maximum absolute atomic E-state index is 8.98. The first-order valence-electron chi connectivity index (χ1n) is 9.06. The number of nitrogens with one attached hydrogen (secondary N) is 1. The predicted molar refractivity (Wildman–Crippen MR) is 94.3 cm³/mol. The van der Waals surface area contributed by atoms with Gasteiger partial charge in [0.2, 0.25) is 0 Å². The fraction of sp³-hybridized carbons (Fsp3) is 0.684. The molecule has 2 heterocycles. The Balaban J connectivity index is 0.000000203. The van der Waals surface area contributed by atoms with Gasteiger partial charge in [0.1, 0.15) is 0 Å². The van der Waals surface area contributed by atoms with Crippen LogP contribution < -0.4 is 5.32 Å². The van der Waals surface area contributed by atoms with Crippen LogP contribution in [0.5, 0.6) is 0 Å². The molecule has 4 nitrogen and oxygen atoms in total. The first-order valence-corrected chi connectivity index (χ1v) is 9.06. The SMILES string of the molecule is OCC[C@@H]1CCCN1.OCC[C@@H]1CCCN1Cc1ccccc1. The Labute approximate surface area is 140 Å². The molecule has 4 heteroatoms. The van der Waals surface area contributed by atoms with Crippen molar-refractivity contribution in [2.45, 2.75) is 57.2 Å². The van der Waals surface area contributed by atoms with Crippen LogP contribution in [0.15, 0.2) is 30.3 Å². The third-order valence-corrected chi connectivity index (χ3v) is 4.83. The molecule has 0 amide bonds. The van der Waals surface area contributed by atoms with E-state index in [9.17, 15) is 0 Å². The molecule has 2 saturated heterocycles. The highest BCUT2D eigenvalue weighted by Crippen LogP contribution is 2.21. The lowest BCUT2D eigenvalue weighted by atomic mass is 10.1. The van der Waals surface area contributed by atoms with E-state index in [0.717, 1.165) is 25.9 Å². The monoisotopic (exact) mass is 320 g/mol. The molecule has 2 fully saturated rings. The van der Waals surface area contributed by atoms with Gasteiger partial charge in [-0.2, -0.15) is 0 Å². The maximum Gasteiger partial charge on any atom is 0.0445 e. The molecule has 23 heavy (non-hydrogen) atoms. The van der Waals surface area contributed by atoms with E-state index in [2.05, 4.69) is 40.5 Å². The highest BCUT2D eigenvalue weighted by Gasteiger charge is 2.23. The lowest BCUT2D eigenvalue weighted by Gasteiger charge is -2.23. The lowest BCUT2D eigenvalue weighted by molar-refractivity contribution is 0.190. The number of aliphatic hydroxyl groups excluding tert-OH is 2. The van der Waals surface area contributed by atoms with E-state index in [1.54, 1.807) is 0 Å². The van der Waals surface area contributed by atoms with Crippen molar-refractivity contribution in [3.63, 3.8) is 0 Å². The number of likely N-dealkylation sites (tertiary alicyclic amines) is 1. The van der Waals surface area contributed by atoms with Gasteiger partial charge in [-0.25, -0.2) is 0 Å². The van der Waals surface area contributed by atoms with Crippen LogP contribution in [-0.2, 0) is 6.54 Å². The van der Waals surface area contributed by atoms with E-state index >= 15 is 0 Å². The second-order valence-corrected chi connectivity index (χ2v) is 6.57. The molecule has 0 radical (unpaired) electrons. The minimum Gasteiger partial charge on any atom is -0.396 e. The summed E-state index contributed by atoms with van der Waals surface area (Å²) in [6, 6.07) is 11.8. The smallest absolute Gasteiger partial charge is 0.0445 e. The molecule has 0 spiro atoms. The van der Waals surface area contributed by atoms with Crippen LogP contribution in [0.2, 0.25) is 0 Å². The fourth-order valence-electron chi connectivity index (χ4n) is 3.56. The third-order valence-electron chi connectivity index (χ3n) is 4.83. The van der Waals surface area contributed by atoms with Crippen molar-refractivity contribution in [2.75, 3.05) is 26.3 Å². The molecule has 0 saturated carbocycles. The van der Waals surface area contributed by atoms with E-state index in [-0.39, 0.29) is 0 Å². The molecule has 1 aromatic carbocycles. The number of hydrogen-bond acceptors (Lipinski definition) is 4. The molecule has 2 aliphatic rings. The molecule has 0 unspecified atom stereocenters. The normalized spacial score (nSPS) is 24.4. The molecule has 130 valence electrons. The fourth-order valence-corrected chi connectivity index (χ4v) is 3.56. The second kappa shape index (κ2) is 10.8. The molecule has 0 aromatic heterocycles. The second-order valence-electron chi connectivity index (χ2n) is 6.57. The average Bonchev–Trinajstić information content (AvgIpc) is 3.23. The summed E-state index contributed by atoms with van der Waals surface area (Å²) in [5, 5.41) is 20.8. The van der Waals surface area contributed by atoms with Crippen LogP contribution in [0.25, 0.3) is 0 Å². The van der Waals surface area contributed by atoms with Gasteiger partial charge < -0.3 is 15.5 Å². The van der Waals surface area contributed by atoms with Crippen LogP contribution in [0.1, 0.15) is 44.1 Å². The number of rotatable bonds is 6. The van der Waals surface area contributed by atoms with Gasteiger partial charge in [0.15, 0.2) is 0 Å². The van der Waals surface area contributed by atoms with Gasteiger partial charge >= 0.3 is 0 Å². The summed E-state index contributed by atoms with van der Waals surface area (Å²) in [6.45, 7) is 4.00. The van der Waals surface area contributed by atoms with Crippen molar-refractivity contribution in [3.8, 4) is 0 Å². The van der Waals surface area contributed by atoms with E-state index in [4.69, 9.17) is 10.2 Å². The summed E-state index contributed by atoms with van der Waals surface area (Å²) < 4.78 is 0. The van der Waals surface area contributed by atoms with Crippen LogP contribution in [-0.4, -0.2) is 53.5 Å². The minimum atomic E-state index is 0.315. The van der Waals surface area contributed by atoms with Crippen molar-refractivity contribution in [1.29, 1.82) is 0 Å². The highest BCUT2D eigenvalue weighted by molar-refractivity contribution is 5.14. The van der Waals surface area contributed by atoms with Crippen molar-refractivity contribution >= 4 is 0 Å². The summed E-state index contributed by atoms with van der Waals surface area (Å²) in [7, 11) is 0. The first-order chi connectivity index (χ1) is 11.3. The van der Waals surface area contributed by atoms with E-state index in [1.807, 2.05) is 0 Å². The number of hydrogen-bond donors (Lipinski definition) is 3. The van der Waals surface area contributed by atoms with Crippen molar-refractivity contribution in [2.24, 2.45) is 0 Å². The van der Waals surface area contributed by atoms with Gasteiger partial charge in [-0.1, -0.05) is 30.3 Å². The van der Waals surface area contributed by atoms with Crippen LogP contribution in [0.4, 0.5) is 0 Å². The summed E-state index contributed by atoms with van der Waals surface area (Å²) in [5.74, 6) is 0. The van der Waals surface area contributed by atoms with Crippen molar-refractivity contribution in [1.82, 2.24) is 10.2 Å². The molecule has 2 atom stereocenters. The van der Waals surface area contributed by atoms with Gasteiger partial charge in [-0.3, -0.25) is 4.90 Å². The Hall–Kier alpha value is -0.940. The summed E-state index contributed by atoms with van der Waals surface area (Å²) in [4.78, 5) is 2.49. The molecular weight excluding hydrogens is 288 g/mol. The summed E-state index contributed by atoms with van der Waals surface area (Å²) in [6.07, 6.45) is 6.91. The Kier molecular flexibility index (Phi) is 8.61. The topological polar surface area (TPSA) is 55.7 Å². The zero-order valence-corrected chi connectivity index (χ0v) is 14.2. The standard InChI is InChI=1S/C13H19NO.C6H13NO/c15-10-8-13-7-4-9-14(13)11-12-5-2-1-3-6-12;8-5-3-6-2-1-4-7-6/h1-3,5-6,13,15H,4,7-11H2;6-8H,1-5H2/t13-;6-/m00/s1. The zero-order chi connectivity index (χ0) is 16.3. The maximum atomic E-state index is 8.98. The van der Waals surface area contributed by atoms with E-state index in [0.29, 0.717) is 25.3 Å². The Morgan fingerprint density at radius 3 is 2.43 bits per heavy atom. The van der Waals surface area contributed by atoms with Crippen LogP contribution in [0, 0.1) is 0 Å². The van der Waals surface area contributed by atoms with Gasteiger partial charge in [0.25, 0.3) is 0 Å². The Bertz CT molecular complexity index is 407. The molecule has 2 aliphatic heterocycles. The van der Waals surface area contributed by atoms with Gasteiger partial charge in [-0.15, -0.1) is 0 Å². The Morgan fingerprint density at radius 2 is 1.78 bits per heavy atom. The summed E-state index contributed by atoms with van der Waals surface area (Å²) >= 11 is 0. The minimum absolute atomic E-state index is 0.315. The molecule has 3 rings (SSSR count). The summed E-state index contributed by atoms with van der Waals surface area (Å²) in [5.41, 5.74) is 1.38. The molecule has 3 N–H and O–H groups in total. The first kappa shape index (κ1) is 18.4. The quantitative estimate of drug-likeness (QED) is 0.752. The van der Waals surface area contributed by atoms with Gasteiger partial charge in [0.05, 0.1) is 0 Å². The van der Waals surface area contributed by atoms with Gasteiger partial charge in [0, 0.05) is 31.8 Å². The molecule has 0 bridgehead atoms. The molecular formula is C19H32N2O2. The lowest BCUT2D eigenvalue weighted by Crippen LogP contribution is -2.29. The van der Waals surface area contributed by atoms with E-state index < -0.39 is 0 Å². The van der Waals surface area contributed by atoms with Gasteiger partial charge in [-0.05, 0) is 57.2 Å². The average molecular weight is 320 g/mol. The number of aliphatic hydroxyl groups is 2. The van der Waals surface area contributed by atoms with E-state index in [1.165, 1.54) is 37.8 Å². The predicted octanol–water partition coefficient (Wildman–Crippen LogP) is 2.15. The highest BCUT2D eigenvalue weighted by atomic mass is 16.3. The number of nitrogens with zero attached hydrogens (tertiary/aromatic N) is 1. The number of benzene rings is 1. The molecule has 0 aliphatic carbocycles. The van der Waals surface area contributed by atoms with Crippen molar-refractivity contribution < 1.29 is 10.2 Å². The Morgan fingerprint density at radius 1 is 1.00 bits per heavy atom. The van der Waals surface area contributed by atoms with Crippen LogP contribution >= 0.6 is 0 Å². The molecule has 1 aromatic rings. The third kappa shape index (κ3) is 6.60. The zero-order valence-electron chi connectivity index (χ0n) is 14.2. The van der Waals surface area contributed by atoms with Crippen LogP contribution in [0.3, 0.4) is 0 Å². The van der Waals surface area contributed by atoms with Crippen molar-refractivity contribution in [3.05, 3.63) is 35.9 Å². The largest absolute Gasteiger partial charge is 0.396 e.